The zero-order valence-corrected chi connectivity index (χ0v) is 20.9. The van der Waals surface area contributed by atoms with Crippen molar-refractivity contribution >= 4 is 29.0 Å². The second-order valence-electron chi connectivity index (χ2n) is 9.99. The van der Waals surface area contributed by atoms with Gasteiger partial charge in [-0.15, -0.1) is 0 Å². The van der Waals surface area contributed by atoms with Crippen molar-refractivity contribution in [2.24, 2.45) is 4.99 Å². The van der Waals surface area contributed by atoms with Crippen LogP contribution in [0.3, 0.4) is 0 Å². The van der Waals surface area contributed by atoms with Crippen molar-refractivity contribution < 1.29 is 19.4 Å². The van der Waals surface area contributed by atoms with Crippen molar-refractivity contribution in [2.45, 2.75) is 58.8 Å². The molecule has 0 saturated carbocycles. The Kier molecular flexibility index (Phi) is 6.14. The van der Waals surface area contributed by atoms with E-state index in [1.165, 1.54) is 4.90 Å². The van der Waals surface area contributed by atoms with Gasteiger partial charge in [0.1, 0.15) is 11.4 Å². The smallest absolute Gasteiger partial charge is 0.414 e. The van der Waals surface area contributed by atoms with Gasteiger partial charge in [0.15, 0.2) is 0 Å². The third kappa shape index (κ3) is 4.90. The van der Waals surface area contributed by atoms with Crippen molar-refractivity contribution in [3.63, 3.8) is 0 Å². The molecule has 35 heavy (non-hydrogen) atoms. The molecule has 0 bridgehead atoms. The largest absolute Gasteiger partial charge is 0.444 e. The Morgan fingerprint density at radius 2 is 1.97 bits per heavy atom. The molecule has 0 radical (unpaired) electrons. The van der Waals surface area contributed by atoms with Crippen LogP contribution < -0.4 is 5.32 Å². The normalized spacial score (nSPS) is 18.5. The van der Waals surface area contributed by atoms with Gasteiger partial charge in [0.05, 0.1) is 29.6 Å². The number of imidazole rings is 1. The lowest BCUT2D eigenvalue weighted by atomic mass is 9.87. The number of aliphatic imine (C=N–C) groups is 1. The molecule has 2 amide bonds. The molecule has 1 aliphatic heterocycles. The highest BCUT2D eigenvalue weighted by Crippen LogP contribution is 2.35. The minimum Gasteiger partial charge on any atom is -0.444 e. The highest BCUT2D eigenvalue weighted by atomic mass is 16.6. The topological polar surface area (TPSA) is 109 Å². The summed E-state index contributed by atoms with van der Waals surface area (Å²) in [5.74, 6) is 0.775. The number of alkyl carbamates (subject to hydrolysis) is 1. The minimum absolute atomic E-state index is 0.0458. The van der Waals surface area contributed by atoms with Crippen LogP contribution in [0.15, 0.2) is 47.5 Å². The third-order valence-corrected chi connectivity index (χ3v) is 5.95. The Balaban J connectivity index is 1.73. The van der Waals surface area contributed by atoms with E-state index in [0.717, 1.165) is 33.7 Å². The fourth-order valence-electron chi connectivity index (χ4n) is 4.20. The summed E-state index contributed by atoms with van der Waals surface area (Å²) in [5.41, 5.74) is 2.64. The summed E-state index contributed by atoms with van der Waals surface area (Å²) in [7, 11) is 1.58. The van der Waals surface area contributed by atoms with Gasteiger partial charge in [0, 0.05) is 12.7 Å². The van der Waals surface area contributed by atoms with Crippen LogP contribution in [0, 0.1) is 6.92 Å². The van der Waals surface area contributed by atoms with E-state index in [2.05, 4.69) is 10.3 Å². The van der Waals surface area contributed by atoms with Crippen LogP contribution in [-0.4, -0.2) is 50.2 Å². The molecule has 0 saturated heterocycles. The van der Waals surface area contributed by atoms with Crippen LogP contribution >= 0.6 is 0 Å². The number of aromatic nitrogens is 2. The van der Waals surface area contributed by atoms with Gasteiger partial charge in [-0.3, -0.25) is 19.6 Å². The van der Waals surface area contributed by atoms with Gasteiger partial charge in [-0.2, -0.15) is 0 Å². The Morgan fingerprint density at radius 3 is 2.66 bits per heavy atom. The summed E-state index contributed by atoms with van der Waals surface area (Å²) in [6.07, 6.45) is -0.521. The number of carbonyl (C=O) groups excluding carboxylic acids is 2. The summed E-state index contributed by atoms with van der Waals surface area (Å²) < 4.78 is 7.37. The van der Waals surface area contributed by atoms with Gasteiger partial charge in [0.25, 0.3) is 0 Å². The number of benzene rings is 2. The number of nitrogens with zero attached hydrogens (tertiary/aromatic N) is 4. The van der Waals surface area contributed by atoms with Gasteiger partial charge in [-0.05, 0) is 70.0 Å². The number of ether oxygens (including phenoxy) is 1. The number of fused-ring (bicyclic) bond motifs is 1. The van der Waals surface area contributed by atoms with Gasteiger partial charge in [0.2, 0.25) is 11.9 Å². The fourth-order valence-corrected chi connectivity index (χ4v) is 4.20. The van der Waals surface area contributed by atoms with Crippen molar-refractivity contribution in [1.82, 2.24) is 19.8 Å². The second kappa shape index (κ2) is 8.81. The number of hydrogen-bond donors (Lipinski definition) is 2. The van der Waals surface area contributed by atoms with Crippen molar-refractivity contribution in [3.8, 4) is 5.69 Å². The predicted octanol–water partition coefficient (Wildman–Crippen LogP) is 3.78. The molecule has 9 nitrogen and oxygen atoms in total. The van der Waals surface area contributed by atoms with Crippen molar-refractivity contribution in [2.75, 3.05) is 7.05 Å². The van der Waals surface area contributed by atoms with Crippen molar-refractivity contribution in [3.05, 3.63) is 59.4 Å². The summed E-state index contributed by atoms with van der Waals surface area (Å²) in [4.78, 5) is 36.0. The third-order valence-electron chi connectivity index (χ3n) is 5.95. The molecule has 2 N–H and O–H groups in total. The first-order valence-corrected chi connectivity index (χ1v) is 11.5. The Bertz CT molecular complexity index is 1340. The molecule has 1 aliphatic rings. The summed E-state index contributed by atoms with van der Waals surface area (Å²) in [6, 6.07) is 13.5. The van der Waals surface area contributed by atoms with E-state index in [9.17, 15) is 14.7 Å². The van der Waals surface area contributed by atoms with Crippen molar-refractivity contribution in [1.29, 1.82) is 0 Å². The Morgan fingerprint density at radius 1 is 1.23 bits per heavy atom. The summed E-state index contributed by atoms with van der Waals surface area (Å²) in [6.45, 7) is 9.06. The quantitative estimate of drug-likeness (QED) is 0.597. The lowest BCUT2D eigenvalue weighted by molar-refractivity contribution is -0.128. The van der Waals surface area contributed by atoms with Gasteiger partial charge >= 0.3 is 6.09 Å². The number of rotatable bonds is 3. The minimum atomic E-state index is -0.891. The Hall–Kier alpha value is -3.72. The molecule has 1 aromatic heterocycles. The molecular formula is C26H31N5O4. The predicted molar refractivity (Wildman–Crippen MR) is 133 cm³/mol. The first-order valence-electron chi connectivity index (χ1n) is 11.5. The first kappa shape index (κ1) is 24.4. The molecule has 0 spiro atoms. The number of guanidine groups is 1. The maximum absolute atomic E-state index is 12.9. The van der Waals surface area contributed by atoms with E-state index in [-0.39, 0.29) is 24.9 Å². The summed E-state index contributed by atoms with van der Waals surface area (Å²) >= 11 is 0. The monoisotopic (exact) mass is 477 g/mol. The number of aryl methyl sites for hydroxylation is 1. The SMILES string of the molecule is Cc1nc2cc(CO)ccc2n1-c1cccc([C@]2(C)CC(=O)N(C)C(NC(=O)OC(C)(C)C)=N2)c1. The molecule has 1 atom stereocenters. The van der Waals surface area contributed by atoms with E-state index in [1.807, 2.05) is 60.9 Å². The highest BCUT2D eigenvalue weighted by molar-refractivity contribution is 6.05. The summed E-state index contributed by atoms with van der Waals surface area (Å²) in [5, 5.41) is 12.1. The fraction of sp³-hybridized carbons (Fsp3) is 0.385. The molecule has 4 rings (SSSR count). The van der Waals surface area contributed by atoms with Crippen LogP contribution in [0.4, 0.5) is 4.79 Å². The van der Waals surface area contributed by atoms with E-state index >= 15 is 0 Å². The van der Waals surface area contributed by atoms with Crippen LogP contribution in [-0.2, 0) is 21.7 Å². The van der Waals surface area contributed by atoms with Gasteiger partial charge in [-0.25, -0.2) is 14.8 Å². The average Bonchev–Trinajstić information content (AvgIpc) is 3.10. The molecule has 2 heterocycles. The van der Waals surface area contributed by atoms with E-state index < -0.39 is 17.2 Å². The van der Waals surface area contributed by atoms with E-state index in [0.29, 0.717) is 0 Å². The van der Waals surface area contributed by atoms with Crippen LogP contribution in [0.5, 0.6) is 0 Å². The van der Waals surface area contributed by atoms with E-state index in [1.54, 1.807) is 27.8 Å². The van der Waals surface area contributed by atoms with Crippen LogP contribution in [0.1, 0.15) is 51.1 Å². The Labute approximate surface area is 204 Å². The van der Waals surface area contributed by atoms with Gasteiger partial charge < -0.3 is 9.84 Å². The molecule has 0 fully saturated rings. The lowest BCUT2D eigenvalue weighted by Crippen LogP contribution is -2.52. The molecular weight excluding hydrogens is 446 g/mol. The standard InChI is InChI=1S/C26H31N5O4/c1-16-27-20-12-17(15-32)10-11-21(20)31(16)19-9-7-8-18(13-19)26(5)14-22(33)30(6)23(29-26)28-24(34)35-25(2,3)4/h7-13,32H,14-15H2,1-6H3,(H,28,29,34)/t26-/m0/s1. The lowest BCUT2D eigenvalue weighted by Gasteiger charge is -2.35. The van der Waals surface area contributed by atoms with Crippen LogP contribution in [0.25, 0.3) is 16.7 Å². The van der Waals surface area contributed by atoms with Crippen LogP contribution in [0.2, 0.25) is 0 Å². The zero-order chi connectivity index (χ0) is 25.5. The molecule has 0 aliphatic carbocycles. The number of aliphatic hydroxyl groups excluding tert-OH is 1. The number of nitrogens with one attached hydrogen (secondary N) is 1. The number of amides is 2. The maximum atomic E-state index is 12.9. The second-order valence-corrected chi connectivity index (χ2v) is 9.99. The molecule has 2 aromatic carbocycles. The number of aliphatic hydroxyl groups is 1. The average molecular weight is 478 g/mol. The molecule has 3 aromatic rings. The molecule has 9 heteroatoms. The highest BCUT2D eigenvalue weighted by Gasteiger charge is 2.38. The molecule has 184 valence electrons. The zero-order valence-electron chi connectivity index (χ0n) is 20.9. The van der Waals surface area contributed by atoms with E-state index in [4.69, 9.17) is 9.73 Å². The first-order chi connectivity index (χ1) is 16.4. The van der Waals surface area contributed by atoms with Gasteiger partial charge in [-0.1, -0.05) is 18.2 Å². The maximum Gasteiger partial charge on any atom is 0.414 e. The molecule has 0 unspecified atom stereocenters. The number of carbonyl (C=O) groups is 2. The number of hydrogen-bond acceptors (Lipinski definition) is 6.